The van der Waals surface area contributed by atoms with Gasteiger partial charge < -0.3 is 5.32 Å². The number of nitrogens with zero attached hydrogens (tertiary/aromatic N) is 3. The fourth-order valence-corrected chi connectivity index (χ4v) is 4.12. The Morgan fingerprint density at radius 3 is 2.71 bits per heavy atom. The van der Waals surface area contributed by atoms with E-state index in [1.807, 2.05) is 5.38 Å². The van der Waals surface area contributed by atoms with E-state index in [-0.39, 0.29) is 11.7 Å². The number of nitrogens with one attached hydrogen (secondary N) is 1. The van der Waals surface area contributed by atoms with Gasteiger partial charge in [0, 0.05) is 39.5 Å². The molecule has 1 amide bonds. The van der Waals surface area contributed by atoms with Crippen LogP contribution < -0.4 is 5.32 Å². The molecule has 2 aromatic carbocycles. The number of aromatic nitrogens is 3. The Kier molecular flexibility index (Phi) is 5.30. The summed E-state index contributed by atoms with van der Waals surface area (Å²) in [6.45, 7) is 0.407. The van der Waals surface area contributed by atoms with Gasteiger partial charge in [-0.25, -0.2) is 8.91 Å². The van der Waals surface area contributed by atoms with Gasteiger partial charge >= 0.3 is 0 Å². The molecule has 2 heterocycles. The van der Waals surface area contributed by atoms with Crippen molar-refractivity contribution in [2.45, 2.75) is 6.42 Å². The summed E-state index contributed by atoms with van der Waals surface area (Å²) in [6.07, 6.45) is 0.561. The van der Waals surface area contributed by atoms with Crippen LogP contribution in [-0.4, -0.2) is 27.0 Å². The molecule has 0 aliphatic heterocycles. The van der Waals surface area contributed by atoms with Crippen LogP contribution in [0.3, 0.4) is 0 Å². The molecule has 9 heteroatoms. The van der Waals surface area contributed by atoms with E-state index < -0.39 is 0 Å². The minimum atomic E-state index is -0.334. The minimum absolute atomic E-state index is 0.255. The molecule has 0 spiro atoms. The predicted octanol–water partition coefficient (Wildman–Crippen LogP) is 4.88. The second kappa shape index (κ2) is 7.87. The third kappa shape index (κ3) is 4.01. The number of thiazole rings is 1. The SMILES string of the molecule is O=C(NCCc1csc2nc(-c3cccc(F)c3)nn12)c1cc(Cl)cc(Cl)c1. The number of halogens is 3. The van der Waals surface area contributed by atoms with E-state index in [2.05, 4.69) is 15.4 Å². The Hall–Kier alpha value is -2.48. The number of carbonyl (C=O) groups excluding carboxylic acids is 1. The second-order valence-electron chi connectivity index (χ2n) is 6.03. The van der Waals surface area contributed by atoms with Gasteiger partial charge in [-0.15, -0.1) is 16.4 Å². The van der Waals surface area contributed by atoms with Gasteiger partial charge in [0.15, 0.2) is 5.82 Å². The van der Waals surface area contributed by atoms with Crippen LogP contribution in [0.1, 0.15) is 16.1 Å². The summed E-state index contributed by atoms with van der Waals surface area (Å²) >= 11 is 13.3. The predicted molar refractivity (Wildman–Crippen MR) is 109 cm³/mol. The van der Waals surface area contributed by atoms with Crippen LogP contribution in [0.5, 0.6) is 0 Å². The summed E-state index contributed by atoms with van der Waals surface area (Å²) in [6, 6.07) is 10.9. The molecule has 0 saturated heterocycles. The summed E-state index contributed by atoms with van der Waals surface area (Å²) in [7, 11) is 0. The van der Waals surface area contributed by atoms with E-state index >= 15 is 0 Å². The Morgan fingerprint density at radius 1 is 1.18 bits per heavy atom. The van der Waals surface area contributed by atoms with Crippen molar-refractivity contribution in [3.05, 3.63) is 75.0 Å². The third-order valence-corrected chi connectivity index (χ3v) is 5.33. The number of hydrogen-bond acceptors (Lipinski definition) is 4. The van der Waals surface area contributed by atoms with Crippen LogP contribution >= 0.6 is 34.5 Å². The van der Waals surface area contributed by atoms with Crippen molar-refractivity contribution in [3.8, 4) is 11.4 Å². The molecule has 1 N–H and O–H groups in total. The molecule has 28 heavy (non-hydrogen) atoms. The smallest absolute Gasteiger partial charge is 0.251 e. The number of fused-ring (bicyclic) bond motifs is 1. The highest BCUT2D eigenvalue weighted by Crippen LogP contribution is 2.22. The van der Waals surface area contributed by atoms with Crippen LogP contribution in [0, 0.1) is 5.82 Å². The van der Waals surface area contributed by atoms with E-state index in [0.717, 1.165) is 5.69 Å². The van der Waals surface area contributed by atoms with Crippen molar-refractivity contribution in [1.82, 2.24) is 19.9 Å². The monoisotopic (exact) mass is 434 g/mol. The molecule has 0 fully saturated rings. The average Bonchev–Trinajstić information content (AvgIpc) is 3.22. The first kappa shape index (κ1) is 18.9. The highest BCUT2D eigenvalue weighted by atomic mass is 35.5. The number of benzene rings is 2. The van der Waals surface area contributed by atoms with Gasteiger partial charge in [0.05, 0.1) is 5.69 Å². The summed E-state index contributed by atoms with van der Waals surface area (Å²) < 4.78 is 15.1. The number of rotatable bonds is 5. The normalized spacial score (nSPS) is 11.1. The van der Waals surface area contributed by atoms with Crippen LogP contribution in [0.2, 0.25) is 10.0 Å². The molecular formula is C19H13Cl2FN4OS. The standard InChI is InChI=1S/C19H13Cl2FN4OS/c20-13-6-12(7-14(21)9-13)18(27)23-5-4-16-10-28-19-24-17(25-26(16)19)11-2-1-3-15(22)8-11/h1-3,6-10H,4-5H2,(H,23,27). The maximum absolute atomic E-state index is 13.4. The van der Waals surface area contributed by atoms with Gasteiger partial charge in [-0.05, 0) is 30.3 Å². The highest BCUT2D eigenvalue weighted by Gasteiger charge is 2.13. The van der Waals surface area contributed by atoms with Crippen LogP contribution in [0.15, 0.2) is 47.8 Å². The van der Waals surface area contributed by atoms with Gasteiger partial charge in [0.25, 0.3) is 5.91 Å². The fourth-order valence-electron chi connectivity index (χ4n) is 2.74. The molecule has 0 aliphatic carbocycles. The van der Waals surface area contributed by atoms with Crippen molar-refractivity contribution >= 4 is 45.4 Å². The van der Waals surface area contributed by atoms with Crippen molar-refractivity contribution < 1.29 is 9.18 Å². The van der Waals surface area contributed by atoms with E-state index in [4.69, 9.17) is 23.2 Å². The molecule has 0 atom stereocenters. The minimum Gasteiger partial charge on any atom is -0.352 e. The summed E-state index contributed by atoms with van der Waals surface area (Å²) in [4.78, 5) is 17.4. The quantitative estimate of drug-likeness (QED) is 0.486. The lowest BCUT2D eigenvalue weighted by Gasteiger charge is -2.05. The van der Waals surface area contributed by atoms with E-state index in [1.165, 1.54) is 23.5 Å². The Balaban J connectivity index is 1.46. The van der Waals surface area contributed by atoms with Crippen molar-refractivity contribution in [1.29, 1.82) is 0 Å². The van der Waals surface area contributed by atoms with Crippen LogP contribution in [-0.2, 0) is 6.42 Å². The number of carbonyl (C=O) groups is 1. The topological polar surface area (TPSA) is 59.3 Å². The second-order valence-corrected chi connectivity index (χ2v) is 7.74. The zero-order chi connectivity index (χ0) is 19.7. The summed E-state index contributed by atoms with van der Waals surface area (Å²) in [5.41, 5.74) is 1.93. The van der Waals surface area contributed by atoms with Crippen molar-refractivity contribution in [3.63, 3.8) is 0 Å². The summed E-state index contributed by atoms with van der Waals surface area (Å²) in [5, 5.41) is 10.1. The zero-order valence-electron chi connectivity index (χ0n) is 14.3. The first-order valence-corrected chi connectivity index (χ1v) is 9.96. The number of hydrogen-bond donors (Lipinski definition) is 1. The molecule has 0 radical (unpaired) electrons. The van der Waals surface area contributed by atoms with Gasteiger partial charge in [-0.3, -0.25) is 4.79 Å². The Bertz CT molecular complexity index is 1150. The molecule has 0 bridgehead atoms. The van der Waals surface area contributed by atoms with E-state index in [1.54, 1.807) is 34.8 Å². The van der Waals surface area contributed by atoms with Crippen LogP contribution in [0.4, 0.5) is 4.39 Å². The molecule has 0 saturated carbocycles. The van der Waals surface area contributed by atoms with Crippen LogP contribution in [0.25, 0.3) is 16.3 Å². The van der Waals surface area contributed by atoms with Gasteiger partial charge in [-0.2, -0.15) is 4.98 Å². The lowest BCUT2D eigenvalue weighted by Crippen LogP contribution is -2.26. The Morgan fingerprint density at radius 2 is 1.96 bits per heavy atom. The number of amides is 1. The molecule has 2 aromatic heterocycles. The van der Waals surface area contributed by atoms with E-state index in [9.17, 15) is 9.18 Å². The fraction of sp³-hybridized carbons (Fsp3) is 0.105. The molecule has 4 rings (SSSR count). The molecular weight excluding hydrogens is 422 g/mol. The van der Waals surface area contributed by atoms with E-state index in [0.29, 0.717) is 44.9 Å². The molecule has 4 aromatic rings. The largest absolute Gasteiger partial charge is 0.352 e. The average molecular weight is 435 g/mol. The molecule has 142 valence electrons. The van der Waals surface area contributed by atoms with Gasteiger partial charge in [0.2, 0.25) is 4.96 Å². The maximum Gasteiger partial charge on any atom is 0.251 e. The Labute approximate surface area is 173 Å². The van der Waals surface area contributed by atoms with Crippen molar-refractivity contribution in [2.75, 3.05) is 6.54 Å². The first-order valence-electron chi connectivity index (χ1n) is 8.33. The zero-order valence-corrected chi connectivity index (χ0v) is 16.7. The highest BCUT2D eigenvalue weighted by molar-refractivity contribution is 7.15. The third-order valence-electron chi connectivity index (χ3n) is 4.02. The van der Waals surface area contributed by atoms with Crippen molar-refractivity contribution in [2.24, 2.45) is 0 Å². The van der Waals surface area contributed by atoms with Gasteiger partial charge in [-0.1, -0.05) is 35.3 Å². The first-order chi connectivity index (χ1) is 13.5. The lowest BCUT2D eigenvalue weighted by molar-refractivity contribution is 0.0954. The molecule has 5 nitrogen and oxygen atoms in total. The maximum atomic E-state index is 13.4. The summed E-state index contributed by atoms with van der Waals surface area (Å²) in [5.74, 6) is -0.125. The molecule has 0 unspecified atom stereocenters. The molecule has 0 aliphatic rings. The van der Waals surface area contributed by atoms with Gasteiger partial charge in [0.1, 0.15) is 5.82 Å². The lowest BCUT2D eigenvalue weighted by atomic mass is 10.2.